The summed E-state index contributed by atoms with van der Waals surface area (Å²) in [5, 5.41) is 0.231. The zero-order valence-corrected chi connectivity index (χ0v) is 13.8. The van der Waals surface area contributed by atoms with E-state index in [0.29, 0.717) is 11.0 Å². The average Bonchev–Trinajstić information content (AvgIpc) is 2.42. The average molecular weight is 376 g/mol. The highest BCUT2D eigenvalue weighted by atomic mass is 79.9. The third-order valence-electron chi connectivity index (χ3n) is 2.73. The number of hydrogen-bond donors (Lipinski definition) is 0. The molecular weight excluding hydrogens is 364 g/mol. The maximum atomic E-state index is 12.4. The van der Waals surface area contributed by atoms with Crippen LogP contribution in [0, 0.1) is 0 Å². The molecule has 0 aliphatic heterocycles. The Balaban J connectivity index is 2.27. The molecule has 1 heterocycles. The first-order valence-corrected chi connectivity index (χ1v) is 8.33. The Morgan fingerprint density at radius 1 is 1.30 bits per heavy atom. The SMILES string of the molecule is CN(Cc1ccccc1)S(=O)(=O)c1cnc(Cl)c(Br)c1. The van der Waals surface area contributed by atoms with Crippen LogP contribution in [0.2, 0.25) is 5.15 Å². The highest BCUT2D eigenvalue weighted by Crippen LogP contribution is 2.24. The van der Waals surface area contributed by atoms with Crippen LogP contribution in [0.25, 0.3) is 0 Å². The Kier molecular flexibility index (Phi) is 4.80. The molecule has 0 saturated heterocycles. The van der Waals surface area contributed by atoms with Gasteiger partial charge < -0.3 is 0 Å². The second kappa shape index (κ2) is 6.22. The van der Waals surface area contributed by atoms with Crippen molar-refractivity contribution in [2.75, 3.05) is 7.05 Å². The van der Waals surface area contributed by atoms with Gasteiger partial charge in [0.2, 0.25) is 10.0 Å². The standard InChI is InChI=1S/C13H12BrClN2O2S/c1-17(9-10-5-3-2-4-6-10)20(18,19)11-7-12(14)13(15)16-8-11/h2-8H,9H2,1H3. The highest BCUT2D eigenvalue weighted by Gasteiger charge is 2.22. The molecule has 2 aromatic rings. The number of hydrogen-bond acceptors (Lipinski definition) is 3. The number of sulfonamides is 1. The Morgan fingerprint density at radius 2 is 1.95 bits per heavy atom. The monoisotopic (exact) mass is 374 g/mol. The second-order valence-electron chi connectivity index (χ2n) is 4.19. The van der Waals surface area contributed by atoms with Gasteiger partial charge in [0, 0.05) is 19.8 Å². The lowest BCUT2D eigenvalue weighted by atomic mass is 10.2. The summed E-state index contributed by atoms with van der Waals surface area (Å²) < 4.78 is 26.6. The van der Waals surface area contributed by atoms with Gasteiger partial charge in [0.1, 0.15) is 10.0 Å². The van der Waals surface area contributed by atoms with Crippen molar-refractivity contribution in [1.82, 2.24) is 9.29 Å². The van der Waals surface area contributed by atoms with Crippen molar-refractivity contribution in [3.63, 3.8) is 0 Å². The van der Waals surface area contributed by atoms with Crippen LogP contribution in [0.1, 0.15) is 5.56 Å². The van der Waals surface area contributed by atoms with Gasteiger partial charge >= 0.3 is 0 Å². The van der Waals surface area contributed by atoms with E-state index in [9.17, 15) is 8.42 Å². The first-order chi connectivity index (χ1) is 9.41. The van der Waals surface area contributed by atoms with E-state index in [1.165, 1.54) is 23.6 Å². The molecule has 7 heteroatoms. The van der Waals surface area contributed by atoms with Crippen molar-refractivity contribution in [1.29, 1.82) is 0 Å². The number of halogens is 2. The summed E-state index contributed by atoms with van der Waals surface area (Å²) in [6, 6.07) is 10.8. The molecule has 0 atom stereocenters. The van der Waals surface area contributed by atoms with Gasteiger partial charge in [-0.25, -0.2) is 13.4 Å². The summed E-state index contributed by atoms with van der Waals surface area (Å²) in [4.78, 5) is 3.95. The summed E-state index contributed by atoms with van der Waals surface area (Å²) in [5.41, 5.74) is 0.916. The molecule has 106 valence electrons. The third-order valence-corrected chi connectivity index (χ3v) is 5.63. The maximum Gasteiger partial charge on any atom is 0.244 e. The summed E-state index contributed by atoms with van der Waals surface area (Å²) in [7, 11) is -2.06. The van der Waals surface area contributed by atoms with Gasteiger partial charge in [-0.3, -0.25) is 0 Å². The lowest BCUT2D eigenvalue weighted by Crippen LogP contribution is -2.26. The van der Waals surface area contributed by atoms with Gasteiger partial charge in [-0.2, -0.15) is 4.31 Å². The van der Waals surface area contributed by atoms with Crippen LogP contribution >= 0.6 is 27.5 Å². The fourth-order valence-corrected chi connectivity index (χ4v) is 3.39. The fourth-order valence-electron chi connectivity index (χ4n) is 1.65. The van der Waals surface area contributed by atoms with E-state index in [0.717, 1.165) is 5.56 Å². The zero-order chi connectivity index (χ0) is 14.8. The lowest BCUT2D eigenvalue weighted by Gasteiger charge is -2.17. The zero-order valence-electron chi connectivity index (χ0n) is 10.6. The normalized spacial score (nSPS) is 11.8. The molecule has 1 aromatic carbocycles. The van der Waals surface area contributed by atoms with E-state index in [2.05, 4.69) is 20.9 Å². The van der Waals surface area contributed by atoms with Crippen LogP contribution in [0.15, 0.2) is 52.0 Å². The quantitative estimate of drug-likeness (QED) is 0.770. The van der Waals surface area contributed by atoms with Crippen molar-refractivity contribution in [2.45, 2.75) is 11.4 Å². The molecule has 0 bridgehead atoms. The van der Waals surface area contributed by atoms with Crippen LogP contribution in [0.4, 0.5) is 0 Å². The van der Waals surface area contributed by atoms with E-state index in [1.807, 2.05) is 30.3 Å². The first kappa shape index (κ1) is 15.4. The second-order valence-corrected chi connectivity index (χ2v) is 7.45. The van der Waals surface area contributed by atoms with E-state index in [1.54, 1.807) is 0 Å². The molecule has 4 nitrogen and oxygen atoms in total. The van der Waals surface area contributed by atoms with Crippen molar-refractivity contribution >= 4 is 37.6 Å². The van der Waals surface area contributed by atoms with E-state index in [-0.39, 0.29) is 10.0 Å². The summed E-state index contributed by atoms with van der Waals surface area (Å²) >= 11 is 8.95. The molecule has 20 heavy (non-hydrogen) atoms. The van der Waals surface area contributed by atoms with Gasteiger partial charge in [-0.05, 0) is 27.6 Å². The van der Waals surface area contributed by atoms with Crippen LogP contribution in [-0.2, 0) is 16.6 Å². The maximum absolute atomic E-state index is 12.4. The molecule has 0 aliphatic rings. The minimum absolute atomic E-state index is 0.104. The van der Waals surface area contributed by atoms with Crippen LogP contribution in [0.3, 0.4) is 0 Å². The van der Waals surface area contributed by atoms with Crippen LogP contribution < -0.4 is 0 Å². The molecule has 0 amide bonds. The summed E-state index contributed by atoms with van der Waals surface area (Å²) in [6.07, 6.45) is 1.25. The Hall–Kier alpha value is -0.950. The smallest absolute Gasteiger partial charge is 0.242 e. The number of benzene rings is 1. The molecule has 0 fully saturated rings. The van der Waals surface area contributed by atoms with Gasteiger partial charge in [-0.15, -0.1) is 0 Å². The molecule has 1 aromatic heterocycles. The van der Waals surface area contributed by atoms with Crippen molar-refractivity contribution in [3.8, 4) is 0 Å². The molecular formula is C13H12BrClN2O2S. The molecule has 0 radical (unpaired) electrons. The van der Waals surface area contributed by atoms with Gasteiger partial charge in [0.15, 0.2) is 0 Å². The third kappa shape index (κ3) is 3.38. The van der Waals surface area contributed by atoms with Crippen molar-refractivity contribution in [3.05, 3.63) is 57.8 Å². The van der Waals surface area contributed by atoms with E-state index in [4.69, 9.17) is 11.6 Å². The molecule has 0 aliphatic carbocycles. The molecule has 0 saturated carbocycles. The molecule has 0 unspecified atom stereocenters. The number of aromatic nitrogens is 1. The predicted octanol–water partition coefficient (Wildman–Crippen LogP) is 3.32. The summed E-state index contributed by atoms with van der Waals surface area (Å²) in [5.74, 6) is 0. The lowest BCUT2D eigenvalue weighted by molar-refractivity contribution is 0.466. The van der Waals surface area contributed by atoms with Crippen LogP contribution in [0.5, 0.6) is 0 Å². The van der Waals surface area contributed by atoms with Gasteiger partial charge in [0.05, 0.1) is 4.47 Å². The van der Waals surface area contributed by atoms with Gasteiger partial charge in [0.25, 0.3) is 0 Å². The Bertz CT molecular complexity index is 708. The minimum Gasteiger partial charge on any atom is -0.242 e. The first-order valence-electron chi connectivity index (χ1n) is 5.72. The van der Waals surface area contributed by atoms with Crippen LogP contribution in [-0.4, -0.2) is 24.8 Å². The largest absolute Gasteiger partial charge is 0.244 e. The minimum atomic E-state index is -3.59. The van der Waals surface area contributed by atoms with E-state index >= 15 is 0 Å². The summed E-state index contributed by atoms with van der Waals surface area (Å²) in [6.45, 7) is 0.295. The number of rotatable bonds is 4. The van der Waals surface area contributed by atoms with Crippen molar-refractivity contribution < 1.29 is 8.42 Å². The fraction of sp³-hybridized carbons (Fsp3) is 0.154. The molecule has 0 N–H and O–H groups in total. The number of pyridine rings is 1. The highest BCUT2D eigenvalue weighted by molar-refractivity contribution is 9.10. The molecule has 0 spiro atoms. The predicted molar refractivity (Wildman–Crippen MR) is 82.0 cm³/mol. The Labute approximate surface area is 131 Å². The van der Waals surface area contributed by atoms with E-state index < -0.39 is 10.0 Å². The van der Waals surface area contributed by atoms with Crippen molar-refractivity contribution in [2.24, 2.45) is 0 Å². The topological polar surface area (TPSA) is 50.3 Å². The van der Waals surface area contributed by atoms with Gasteiger partial charge in [-0.1, -0.05) is 41.9 Å². The number of nitrogens with zero attached hydrogens (tertiary/aromatic N) is 2. The molecule has 2 rings (SSSR count). The Morgan fingerprint density at radius 3 is 2.55 bits per heavy atom.